The van der Waals surface area contributed by atoms with E-state index in [9.17, 15) is 4.79 Å². The van der Waals surface area contributed by atoms with Gasteiger partial charge in [-0.15, -0.1) is 0 Å². The molecule has 6 rings (SSSR count). The van der Waals surface area contributed by atoms with Crippen LogP contribution in [0, 0.1) is 5.41 Å². The molecule has 3 aromatic rings. The van der Waals surface area contributed by atoms with Gasteiger partial charge in [0.05, 0.1) is 38.1 Å². The highest BCUT2D eigenvalue weighted by Gasteiger charge is 2.54. The Kier molecular flexibility index (Phi) is 3.43. The van der Waals surface area contributed by atoms with Crippen LogP contribution in [0.15, 0.2) is 28.9 Å². The number of methoxy groups -OCH3 is 1. The van der Waals surface area contributed by atoms with E-state index in [1.54, 1.807) is 4.90 Å². The fraction of sp³-hybridized carbons (Fsp3) is 0.474. The van der Waals surface area contributed by atoms with Gasteiger partial charge in [-0.05, 0) is 17.3 Å². The third-order valence-electron chi connectivity index (χ3n) is 6.05. The Labute approximate surface area is 166 Å². The summed E-state index contributed by atoms with van der Waals surface area (Å²) in [6.45, 7) is 4.43. The van der Waals surface area contributed by atoms with Gasteiger partial charge in [-0.1, -0.05) is 6.07 Å². The third kappa shape index (κ3) is 2.52. The van der Waals surface area contributed by atoms with Crippen molar-refractivity contribution in [2.75, 3.05) is 51.4 Å². The summed E-state index contributed by atoms with van der Waals surface area (Å²) >= 11 is 0. The van der Waals surface area contributed by atoms with Crippen molar-refractivity contribution in [3.05, 3.63) is 24.4 Å². The number of rotatable bonds is 3. The number of nitrogens with zero attached hydrogens (tertiary/aromatic N) is 6. The first kappa shape index (κ1) is 16.8. The predicted octanol–water partition coefficient (Wildman–Crippen LogP) is 1.55. The first-order valence-corrected chi connectivity index (χ1v) is 9.61. The molecule has 3 aliphatic rings. The number of likely N-dealkylation sites (tertiary alicyclic amines) is 1. The number of aromatic nitrogens is 4. The molecule has 10 nitrogen and oxygen atoms in total. The maximum atomic E-state index is 11.5. The van der Waals surface area contributed by atoms with Crippen LogP contribution in [0.1, 0.15) is 6.04 Å². The molecule has 0 N–H and O–H groups in total. The number of benzene rings is 1. The Morgan fingerprint density at radius 1 is 1.24 bits per heavy atom. The summed E-state index contributed by atoms with van der Waals surface area (Å²) in [7, 11) is 1.41. The maximum absolute atomic E-state index is 11.5. The topological polar surface area (TPSA) is 98.8 Å². The van der Waals surface area contributed by atoms with Gasteiger partial charge >= 0.3 is 6.09 Å². The van der Waals surface area contributed by atoms with Crippen molar-refractivity contribution in [2.45, 2.75) is 6.04 Å². The quantitative estimate of drug-likeness (QED) is 0.658. The van der Waals surface area contributed by atoms with Crippen molar-refractivity contribution >= 4 is 22.9 Å². The molecule has 1 spiro atoms. The van der Waals surface area contributed by atoms with Crippen molar-refractivity contribution < 1.29 is 18.8 Å². The zero-order valence-corrected chi connectivity index (χ0v) is 15.9. The minimum Gasteiger partial charge on any atom is -0.453 e. The highest BCUT2D eigenvalue weighted by atomic mass is 16.5. The molecule has 2 aromatic heterocycles. The van der Waals surface area contributed by atoms with Crippen LogP contribution in [0.2, 0.25) is 0 Å². The zero-order valence-electron chi connectivity index (χ0n) is 15.9. The molecular weight excluding hydrogens is 376 g/mol. The molecule has 0 atom stereocenters. The van der Waals surface area contributed by atoms with Crippen molar-refractivity contribution in [1.82, 2.24) is 24.8 Å². The number of hydrogen-bond acceptors (Lipinski definition) is 8. The van der Waals surface area contributed by atoms with E-state index in [0.29, 0.717) is 38.1 Å². The van der Waals surface area contributed by atoms with Crippen molar-refractivity contribution in [2.24, 2.45) is 5.41 Å². The second kappa shape index (κ2) is 5.93. The lowest BCUT2D eigenvalue weighted by atomic mass is 9.73. The Morgan fingerprint density at radius 3 is 2.79 bits per heavy atom. The van der Waals surface area contributed by atoms with E-state index in [-0.39, 0.29) is 17.6 Å². The van der Waals surface area contributed by atoms with Gasteiger partial charge in [0.1, 0.15) is 0 Å². The zero-order chi connectivity index (χ0) is 19.6. The van der Waals surface area contributed by atoms with E-state index in [0.717, 1.165) is 29.6 Å². The molecule has 0 radical (unpaired) electrons. The van der Waals surface area contributed by atoms with Gasteiger partial charge in [-0.25, -0.2) is 4.79 Å². The van der Waals surface area contributed by atoms with E-state index in [1.165, 1.54) is 7.11 Å². The molecule has 3 aliphatic heterocycles. The molecule has 1 aromatic carbocycles. The standard InChI is InChI=1S/C19H20N6O4/c1-27-18(26)24-10-19(11-24)8-23(9-19)17-21-16(29-22-17)12-2-3-13-5-20-25(15(13)4-12)14-6-28-7-14/h2-5,14H,6-11H2,1H3. The molecule has 29 heavy (non-hydrogen) atoms. The van der Waals surface area contributed by atoms with Crippen molar-refractivity contribution in [1.29, 1.82) is 0 Å². The van der Waals surface area contributed by atoms with Crippen LogP contribution >= 0.6 is 0 Å². The van der Waals surface area contributed by atoms with Crippen molar-refractivity contribution in [3.8, 4) is 11.5 Å². The molecule has 5 heterocycles. The first-order chi connectivity index (χ1) is 14.1. The van der Waals surface area contributed by atoms with Crippen LogP contribution in [0.3, 0.4) is 0 Å². The lowest BCUT2D eigenvalue weighted by Crippen LogP contribution is -2.73. The van der Waals surface area contributed by atoms with E-state index >= 15 is 0 Å². The molecule has 0 saturated carbocycles. The average molecular weight is 396 g/mol. The van der Waals surface area contributed by atoms with E-state index in [1.807, 2.05) is 29.1 Å². The van der Waals surface area contributed by atoms with E-state index < -0.39 is 0 Å². The predicted molar refractivity (Wildman–Crippen MR) is 102 cm³/mol. The number of carbonyl (C=O) groups is 1. The molecule has 3 saturated heterocycles. The number of amides is 1. The summed E-state index contributed by atoms with van der Waals surface area (Å²) in [6.07, 6.45) is 1.60. The van der Waals surface area contributed by atoms with Crippen LogP contribution in [-0.4, -0.2) is 77.4 Å². The molecular formula is C19H20N6O4. The van der Waals surface area contributed by atoms with Gasteiger partial charge in [0.15, 0.2) is 0 Å². The molecule has 150 valence electrons. The lowest BCUT2D eigenvalue weighted by molar-refractivity contribution is -0.0266. The smallest absolute Gasteiger partial charge is 0.409 e. The van der Waals surface area contributed by atoms with Crippen LogP contribution < -0.4 is 4.90 Å². The fourth-order valence-electron chi connectivity index (χ4n) is 4.41. The van der Waals surface area contributed by atoms with Crippen LogP contribution in [0.4, 0.5) is 10.7 Å². The molecule has 10 heteroatoms. The average Bonchev–Trinajstić information content (AvgIpc) is 3.25. The monoisotopic (exact) mass is 396 g/mol. The van der Waals surface area contributed by atoms with Crippen LogP contribution in [0.25, 0.3) is 22.4 Å². The Morgan fingerprint density at radius 2 is 2.07 bits per heavy atom. The maximum Gasteiger partial charge on any atom is 0.409 e. The second-order valence-corrected chi connectivity index (χ2v) is 8.14. The van der Waals surface area contributed by atoms with Gasteiger partial charge in [0.25, 0.3) is 11.8 Å². The molecule has 0 unspecified atom stereocenters. The summed E-state index contributed by atoms with van der Waals surface area (Å²) in [6, 6.07) is 6.31. The number of hydrogen-bond donors (Lipinski definition) is 0. The summed E-state index contributed by atoms with van der Waals surface area (Å²) < 4.78 is 17.6. The fourth-order valence-corrected chi connectivity index (χ4v) is 4.41. The molecule has 1 amide bonds. The Hall–Kier alpha value is -3.14. The third-order valence-corrected chi connectivity index (χ3v) is 6.05. The second-order valence-electron chi connectivity index (χ2n) is 8.14. The largest absolute Gasteiger partial charge is 0.453 e. The molecule has 3 fully saturated rings. The minimum atomic E-state index is -0.265. The van der Waals surface area contributed by atoms with Gasteiger partial charge in [0, 0.05) is 42.5 Å². The van der Waals surface area contributed by atoms with E-state index in [4.69, 9.17) is 14.0 Å². The summed E-state index contributed by atoms with van der Waals surface area (Å²) in [5.41, 5.74) is 2.04. The summed E-state index contributed by atoms with van der Waals surface area (Å²) in [4.78, 5) is 19.9. The normalized spacial score (nSPS) is 20.4. The number of fused-ring (bicyclic) bond motifs is 1. The lowest BCUT2D eigenvalue weighted by Gasteiger charge is -2.59. The van der Waals surface area contributed by atoms with E-state index in [2.05, 4.69) is 20.1 Å². The van der Waals surface area contributed by atoms with Gasteiger partial charge in [-0.3, -0.25) is 4.68 Å². The molecule has 0 aliphatic carbocycles. The summed E-state index contributed by atoms with van der Waals surface area (Å²) in [5, 5.41) is 9.72. The van der Waals surface area contributed by atoms with Crippen LogP contribution in [-0.2, 0) is 9.47 Å². The van der Waals surface area contributed by atoms with Gasteiger partial charge in [-0.2, -0.15) is 10.1 Å². The summed E-state index contributed by atoms with van der Waals surface area (Å²) in [5.74, 6) is 1.08. The number of carbonyl (C=O) groups excluding carboxylic acids is 1. The minimum absolute atomic E-state index is 0.130. The number of ether oxygens (including phenoxy) is 2. The highest BCUT2D eigenvalue weighted by molar-refractivity contribution is 5.83. The highest BCUT2D eigenvalue weighted by Crippen LogP contribution is 2.41. The Balaban J connectivity index is 1.18. The molecule has 0 bridgehead atoms. The van der Waals surface area contributed by atoms with Crippen LogP contribution in [0.5, 0.6) is 0 Å². The first-order valence-electron chi connectivity index (χ1n) is 9.61. The van der Waals surface area contributed by atoms with Gasteiger partial charge < -0.3 is 23.8 Å². The SMILES string of the molecule is COC(=O)N1CC2(C1)CN(c1noc(-c3ccc4cnn(C5COC5)c4c3)n1)C2. The van der Waals surface area contributed by atoms with Gasteiger partial charge in [0.2, 0.25) is 0 Å². The number of anilines is 1. The van der Waals surface area contributed by atoms with Crippen molar-refractivity contribution in [3.63, 3.8) is 0 Å². The Bertz CT molecular complexity index is 1090.